The lowest BCUT2D eigenvalue weighted by Crippen LogP contribution is -2.66. The van der Waals surface area contributed by atoms with Gasteiger partial charge in [-0.1, -0.05) is 37.3 Å². The zero-order valence-corrected chi connectivity index (χ0v) is 16.2. The molecule has 5 rings (SSSR count). The number of ketones is 1. The number of benzene rings is 2. The molecular formula is C24H26O3. The molecule has 0 saturated heterocycles. The Morgan fingerprint density at radius 2 is 1.96 bits per heavy atom. The molecule has 0 aromatic heterocycles. The zero-order valence-electron chi connectivity index (χ0n) is 16.2. The molecule has 0 N–H and O–H groups in total. The Bertz CT molecular complexity index is 919. The lowest BCUT2D eigenvalue weighted by atomic mass is 9.42. The van der Waals surface area contributed by atoms with Crippen molar-refractivity contribution in [3.63, 3.8) is 0 Å². The number of fused-ring (bicyclic) bond motifs is 2. The Morgan fingerprint density at radius 3 is 2.74 bits per heavy atom. The monoisotopic (exact) mass is 362 g/mol. The van der Waals surface area contributed by atoms with Crippen LogP contribution >= 0.6 is 0 Å². The molecule has 0 radical (unpaired) electrons. The second-order valence-electron chi connectivity index (χ2n) is 8.99. The summed E-state index contributed by atoms with van der Waals surface area (Å²) in [6, 6.07) is 14.5. The third-order valence-electron chi connectivity index (χ3n) is 7.08. The lowest BCUT2D eigenvalue weighted by Gasteiger charge is -2.64. The maximum absolute atomic E-state index is 12.6. The van der Waals surface area contributed by atoms with Gasteiger partial charge >= 0.3 is 0 Å². The molecular weight excluding hydrogens is 336 g/mol. The highest BCUT2D eigenvalue weighted by Gasteiger charge is 2.68. The highest BCUT2D eigenvalue weighted by Crippen LogP contribution is 2.69. The van der Waals surface area contributed by atoms with Crippen LogP contribution in [0.2, 0.25) is 0 Å². The SMILES string of the molecule is Cc1cc(OCc2ccccc2)c2c(c1)O[C@@]1(C)CCC(=O)[C@@]3(C)C[C@@H]2[C@@H]13. The molecule has 0 bridgehead atoms. The van der Waals surface area contributed by atoms with Gasteiger partial charge in [-0.2, -0.15) is 0 Å². The first kappa shape index (κ1) is 16.9. The molecule has 4 atom stereocenters. The van der Waals surface area contributed by atoms with Crippen LogP contribution in [0.1, 0.15) is 55.7 Å². The Morgan fingerprint density at radius 1 is 1.19 bits per heavy atom. The quantitative estimate of drug-likeness (QED) is 0.753. The normalized spacial score (nSPS) is 33.4. The first-order chi connectivity index (χ1) is 12.9. The Balaban J connectivity index is 1.53. The summed E-state index contributed by atoms with van der Waals surface area (Å²) in [5, 5.41) is 0. The Kier molecular flexibility index (Phi) is 3.50. The fraction of sp³-hybridized carbons (Fsp3) is 0.458. The van der Waals surface area contributed by atoms with Gasteiger partial charge in [-0.25, -0.2) is 0 Å². The molecule has 3 heteroatoms. The number of rotatable bonds is 3. The van der Waals surface area contributed by atoms with E-state index in [9.17, 15) is 4.79 Å². The van der Waals surface area contributed by atoms with Crippen LogP contribution in [-0.4, -0.2) is 11.4 Å². The molecule has 2 saturated carbocycles. The molecule has 2 aromatic rings. The van der Waals surface area contributed by atoms with Crippen molar-refractivity contribution >= 4 is 5.78 Å². The lowest BCUT2D eigenvalue weighted by molar-refractivity contribution is -0.180. The molecule has 1 aliphatic heterocycles. The number of carbonyl (C=O) groups is 1. The van der Waals surface area contributed by atoms with Gasteiger partial charge < -0.3 is 9.47 Å². The van der Waals surface area contributed by atoms with E-state index in [2.05, 4.69) is 45.0 Å². The topological polar surface area (TPSA) is 35.5 Å². The maximum atomic E-state index is 12.6. The first-order valence-corrected chi connectivity index (χ1v) is 9.94. The minimum atomic E-state index is -0.247. The van der Waals surface area contributed by atoms with E-state index in [0.717, 1.165) is 35.5 Å². The number of ether oxygens (including phenoxy) is 2. The second kappa shape index (κ2) is 5.60. The van der Waals surface area contributed by atoms with Gasteiger partial charge in [-0.3, -0.25) is 4.79 Å². The first-order valence-electron chi connectivity index (χ1n) is 9.94. The Labute approximate surface area is 160 Å². The number of aryl methyl sites for hydroxylation is 1. The average molecular weight is 362 g/mol. The summed E-state index contributed by atoms with van der Waals surface area (Å²) in [5.41, 5.74) is 2.99. The van der Waals surface area contributed by atoms with E-state index in [-0.39, 0.29) is 16.9 Å². The molecule has 2 aliphatic carbocycles. The van der Waals surface area contributed by atoms with Gasteiger partial charge in [0, 0.05) is 23.3 Å². The molecule has 1 heterocycles. The molecule has 0 amide bonds. The highest BCUT2D eigenvalue weighted by molar-refractivity contribution is 5.88. The van der Waals surface area contributed by atoms with Gasteiger partial charge in [0.1, 0.15) is 29.5 Å². The molecule has 0 spiro atoms. The number of carbonyl (C=O) groups excluding carboxylic acids is 1. The van der Waals surface area contributed by atoms with Crippen molar-refractivity contribution in [3.05, 3.63) is 59.2 Å². The van der Waals surface area contributed by atoms with E-state index in [4.69, 9.17) is 9.47 Å². The average Bonchev–Trinajstić information content (AvgIpc) is 2.62. The van der Waals surface area contributed by atoms with Gasteiger partial charge in [0.25, 0.3) is 0 Å². The third-order valence-corrected chi connectivity index (χ3v) is 7.08. The van der Waals surface area contributed by atoms with Crippen molar-refractivity contribution in [3.8, 4) is 11.5 Å². The molecule has 140 valence electrons. The van der Waals surface area contributed by atoms with E-state index in [1.807, 2.05) is 18.2 Å². The predicted octanol–water partition coefficient (Wildman–Crippen LogP) is 5.20. The summed E-state index contributed by atoms with van der Waals surface area (Å²) < 4.78 is 12.9. The fourth-order valence-corrected chi connectivity index (χ4v) is 5.85. The summed E-state index contributed by atoms with van der Waals surface area (Å²) in [6.07, 6.45) is 2.36. The largest absolute Gasteiger partial charge is 0.488 e. The van der Waals surface area contributed by atoms with Crippen LogP contribution in [0.15, 0.2) is 42.5 Å². The van der Waals surface area contributed by atoms with Crippen LogP contribution in [0.4, 0.5) is 0 Å². The van der Waals surface area contributed by atoms with Crippen molar-refractivity contribution in [1.82, 2.24) is 0 Å². The summed E-state index contributed by atoms with van der Waals surface area (Å²) in [4.78, 5) is 12.6. The van der Waals surface area contributed by atoms with E-state index in [1.165, 1.54) is 5.56 Å². The van der Waals surface area contributed by atoms with E-state index < -0.39 is 0 Å². The third kappa shape index (κ3) is 2.37. The predicted molar refractivity (Wildman–Crippen MR) is 104 cm³/mol. The summed E-state index contributed by atoms with van der Waals surface area (Å²) in [5.74, 6) is 2.88. The van der Waals surface area contributed by atoms with Crippen LogP contribution in [0.5, 0.6) is 11.5 Å². The van der Waals surface area contributed by atoms with Gasteiger partial charge in [0.05, 0.1) is 0 Å². The smallest absolute Gasteiger partial charge is 0.139 e. The van der Waals surface area contributed by atoms with E-state index in [1.54, 1.807) is 0 Å². The molecule has 3 aliphatic rings. The van der Waals surface area contributed by atoms with Crippen molar-refractivity contribution < 1.29 is 14.3 Å². The molecule has 2 aromatic carbocycles. The van der Waals surface area contributed by atoms with Crippen LogP contribution in [-0.2, 0) is 11.4 Å². The minimum Gasteiger partial charge on any atom is -0.488 e. The standard InChI is InChI=1S/C24H26O3/c1-15-11-18(26-14-16-7-5-4-6-8-16)21-17-13-23(2)20(25)9-10-24(3,22(17)23)27-19(21)12-15/h4-8,11-12,17,22H,9-10,13-14H2,1-3H3/t17-,22+,23+,24-/m0/s1. The van der Waals surface area contributed by atoms with Gasteiger partial charge in [-0.15, -0.1) is 0 Å². The number of hydrogen-bond donors (Lipinski definition) is 0. The highest BCUT2D eigenvalue weighted by atomic mass is 16.5. The van der Waals surface area contributed by atoms with Crippen molar-refractivity contribution in [2.75, 3.05) is 0 Å². The van der Waals surface area contributed by atoms with Gasteiger partial charge in [0.2, 0.25) is 0 Å². The fourth-order valence-electron chi connectivity index (χ4n) is 5.85. The van der Waals surface area contributed by atoms with Gasteiger partial charge in [-0.05, 0) is 55.9 Å². The molecule has 0 unspecified atom stereocenters. The molecule has 3 nitrogen and oxygen atoms in total. The van der Waals surface area contributed by atoms with Gasteiger partial charge in [0.15, 0.2) is 0 Å². The van der Waals surface area contributed by atoms with Crippen molar-refractivity contribution in [1.29, 1.82) is 0 Å². The van der Waals surface area contributed by atoms with Crippen LogP contribution in [0.25, 0.3) is 0 Å². The van der Waals surface area contributed by atoms with Crippen LogP contribution < -0.4 is 9.47 Å². The number of hydrogen-bond acceptors (Lipinski definition) is 3. The second-order valence-corrected chi connectivity index (χ2v) is 8.99. The van der Waals surface area contributed by atoms with Crippen LogP contribution in [0, 0.1) is 18.3 Å². The zero-order chi connectivity index (χ0) is 18.8. The molecule has 27 heavy (non-hydrogen) atoms. The number of Topliss-reactive ketones (excluding diaryl/α,β-unsaturated/α-hetero) is 1. The summed E-state index contributed by atoms with van der Waals surface area (Å²) >= 11 is 0. The molecule has 2 fully saturated rings. The minimum absolute atomic E-state index is 0.239. The summed E-state index contributed by atoms with van der Waals surface area (Å²) in [6.45, 7) is 6.97. The van der Waals surface area contributed by atoms with E-state index in [0.29, 0.717) is 24.7 Å². The van der Waals surface area contributed by atoms with E-state index >= 15 is 0 Å². The Hall–Kier alpha value is -2.29. The van der Waals surface area contributed by atoms with Crippen molar-refractivity contribution in [2.45, 2.75) is 58.2 Å². The van der Waals surface area contributed by atoms with Crippen LogP contribution in [0.3, 0.4) is 0 Å². The maximum Gasteiger partial charge on any atom is 0.139 e. The van der Waals surface area contributed by atoms with Crippen molar-refractivity contribution in [2.24, 2.45) is 11.3 Å². The summed E-state index contributed by atoms with van der Waals surface area (Å²) in [7, 11) is 0.